The monoisotopic (exact) mass is 278 g/mol. The van der Waals surface area contributed by atoms with Crippen LogP contribution >= 0.6 is 7.60 Å². The highest BCUT2D eigenvalue weighted by molar-refractivity contribution is 7.60. The van der Waals surface area contributed by atoms with E-state index in [2.05, 4.69) is 0 Å². The maximum Gasteiger partial charge on any atom is 0.356 e. The summed E-state index contributed by atoms with van der Waals surface area (Å²) in [5.41, 5.74) is 1.18. The summed E-state index contributed by atoms with van der Waals surface area (Å²) >= 11 is 0. The van der Waals surface area contributed by atoms with Gasteiger partial charge in [0.15, 0.2) is 11.5 Å². The van der Waals surface area contributed by atoms with Crippen molar-refractivity contribution in [1.82, 2.24) is 0 Å². The Morgan fingerprint density at radius 2 is 1.74 bits per heavy atom. The second kappa shape index (κ2) is 4.38. The summed E-state index contributed by atoms with van der Waals surface area (Å²) < 4.78 is 22.0. The molecule has 0 atom stereocenters. The molecule has 0 saturated heterocycles. The standard InChI is InChI=1S/C13H11O5P/c14-19(15,16)13-4-2-1-3-10(13)9-5-6-11-12(7-9)18-8-17-11/h1-7H,8H2,(H2,14,15,16). The molecule has 0 spiro atoms. The molecule has 3 rings (SSSR count). The number of hydrogen-bond donors (Lipinski definition) is 2. The third-order valence-corrected chi connectivity index (χ3v) is 3.92. The van der Waals surface area contributed by atoms with Gasteiger partial charge in [-0.1, -0.05) is 24.3 Å². The highest BCUT2D eigenvalue weighted by atomic mass is 31.2. The van der Waals surface area contributed by atoms with Gasteiger partial charge in [-0.25, -0.2) is 0 Å². The Hall–Kier alpha value is -1.81. The van der Waals surface area contributed by atoms with E-state index in [1.54, 1.807) is 36.4 Å². The van der Waals surface area contributed by atoms with Gasteiger partial charge >= 0.3 is 7.60 Å². The van der Waals surface area contributed by atoms with Crippen molar-refractivity contribution in [2.24, 2.45) is 0 Å². The van der Waals surface area contributed by atoms with Gasteiger partial charge in [0.05, 0.1) is 5.30 Å². The molecule has 0 fully saturated rings. The maximum atomic E-state index is 11.5. The van der Waals surface area contributed by atoms with E-state index in [1.807, 2.05) is 0 Å². The summed E-state index contributed by atoms with van der Waals surface area (Å²) in [6.45, 7) is 0.166. The molecule has 2 N–H and O–H groups in total. The Kier molecular flexibility index (Phi) is 2.82. The molecule has 0 bridgehead atoms. The zero-order valence-electron chi connectivity index (χ0n) is 9.81. The Labute approximate surface area is 109 Å². The van der Waals surface area contributed by atoms with E-state index in [0.29, 0.717) is 22.6 Å². The van der Waals surface area contributed by atoms with Gasteiger partial charge in [0.2, 0.25) is 6.79 Å². The van der Waals surface area contributed by atoms with Crippen LogP contribution in [0.4, 0.5) is 0 Å². The molecular weight excluding hydrogens is 267 g/mol. The first-order valence-corrected chi connectivity index (χ1v) is 7.22. The lowest BCUT2D eigenvalue weighted by Crippen LogP contribution is -2.07. The van der Waals surface area contributed by atoms with Crippen LogP contribution in [0.15, 0.2) is 42.5 Å². The van der Waals surface area contributed by atoms with Crippen molar-refractivity contribution in [2.75, 3.05) is 6.79 Å². The second-order valence-electron chi connectivity index (χ2n) is 4.13. The third-order valence-electron chi connectivity index (χ3n) is 2.90. The van der Waals surface area contributed by atoms with Gasteiger partial charge in [0, 0.05) is 0 Å². The van der Waals surface area contributed by atoms with Crippen LogP contribution in [-0.2, 0) is 4.57 Å². The molecule has 0 unspecified atom stereocenters. The number of hydrogen-bond acceptors (Lipinski definition) is 3. The van der Waals surface area contributed by atoms with Gasteiger partial charge < -0.3 is 19.3 Å². The zero-order chi connectivity index (χ0) is 13.5. The van der Waals surface area contributed by atoms with Gasteiger partial charge in [-0.05, 0) is 29.3 Å². The Morgan fingerprint density at radius 1 is 1.00 bits per heavy atom. The molecule has 0 aliphatic carbocycles. The first kappa shape index (κ1) is 12.2. The second-order valence-corrected chi connectivity index (χ2v) is 5.70. The summed E-state index contributed by atoms with van der Waals surface area (Å²) in [7, 11) is -4.31. The van der Waals surface area contributed by atoms with Crippen molar-refractivity contribution < 1.29 is 23.8 Å². The van der Waals surface area contributed by atoms with Crippen molar-refractivity contribution in [2.45, 2.75) is 0 Å². The van der Waals surface area contributed by atoms with Crippen LogP contribution in [0.2, 0.25) is 0 Å². The molecule has 1 aliphatic heterocycles. The minimum absolute atomic E-state index is 0.00821. The molecule has 5 nitrogen and oxygen atoms in total. The van der Waals surface area contributed by atoms with Gasteiger partial charge in [-0.15, -0.1) is 0 Å². The molecule has 0 amide bonds. The first-order valence-electron chi connectivity index (χ1n) is 5.61. The van der Waals surface area contributed by atoms with Gasteiger partial charge in [-0.2, -0.15) is 0 Å². The molecule has 1 heterocycles. The van der Waals surface area contributed by atoms with Crippen LogP contribution in [0.1, 0.15) is 0 Å². The van der Waals surface area contributed by atoms with Crippen molar-refractivity contribution >= 4 is 12.9 Å². The van der Waals surface area contributed by atoms with Crippen molar-refractivity contribution in [3.8, 4) is 22.6 Å². The summed E-state index contributed by atoms with van der Waals surface area (Å²) in [5.74, 6) is 1.22. The fourth-order valence-electron chi connectivity index (χ4n) is 2.04. The molecule has 98 valence electrons. The van der Waals surface area contributed by atoms with Crippen molar-refractivity contribution in [3.05, 3.63) is 42.5 Å². The Morgan fingerprint density at radius 3 is 2.53 bits per heavy atom. The fraction of sp³-hybridized carbons (Fsp3) is 0.0769. The van der Waals surface area contributed by atoms with E-state index in [9.17, 15) is 14.4 Å². The van der Waals surface area contributed by atoms with Crippen LogP contribution in [0, 0.1) is 0 Å². The number of rotatable bonds is 2. The van der Waals surface area contributed by atoms with E-state index in [1.165, 1.54) is 6.07 Å². The maximum absolute atomic E-state index is 11.5. The summed E-state index contributed by atoms with van der Waals surface area (Å²) in [6.07, 6.45) is 0. The van der Waals surface area contributed by atoms with Crippen LogP contribution in [-0.4, -0.2) is 16.6 Å². The lowest BCUT2D eigenvalue weighted by atomic mass is 10.1. The van der Waals surface area contributed by atoms with E-state index in [0.717, 1.165) is 0 Å². The molecule has 2 aromatic rings. The molecule has 19 heavy (non-hydrogen) atoms. The lowest BCUT2D eigenvalue weighted by Gasteiger charge is -2.11. The molecule has 2 aromatic carbocycles. The quantitative estimate of drug-likeness (QED) is 0.820. The van der Waals surface area contributed by atoms with Crippen LogP contribution in [0.5, 0.6) is 11.5 Å². The topological polar surface area (TPSA) is 76.0 Å². The molecule has 0 saturated carbocycles. The van der Waals surface area contributed by atoms with E-state index < -0.39 is 7.60 Å². The molecule has 0 radical (unpaired) electrons. The van der Waals surface area contributed by atoms with Crippen molar-refractivity contribution in [1.29, 1.82) is 0 Å². The molecule has 6 heteroatoms. The highest BCUT2D eigenvalue weighted by Crippen LogP contribution is 2.40. The number of ether oxygens (including phenoxy) is 2. The largest absolute Gasteiger partial charge is 0.454 e. The zero-order valence-corrected chi connectivity index (χ0v) is 10.7. The van der Waals surface area contributed by atoms with Gasteiger partial charge in [0.1, 0.15) is 0 Å². The third kappa shape index (κ3) is 2.24. The van der Waals surface area contributed by atoms with Crippen LogP contribution in [0.3, 0.4) is 0 Å². The fourth-order valence-corrected chi connectivity index (χ4v) is 2.83. The average Bonchev–Trinajstić information content (AvgIpc) is 2.85. The van der Waals surface area contributed by atoms with Gasteiger partial charge in [0.25, 0.3) is 0 Å². The molecule has 0 aromatic heterocycles. The number of fused-ring (bicyclic) bond motifs is 1. The van der Waals surface area contributed by atoms with E-state index in [4.69, 9.17) is 9.47 Å². The van der Waals surface area contributed by atoms with E-state index >= 15 is 0 Å². The normalized spacial score (nSPS) is 13.6. The Bertz CT molecular complexity index is 676. The van der Waals surface area contributed by atoms with Crippen molar-refractivity contribution in [3.63, 3.8) is 0 Å². The minimum Gasteiger partial charge on any atom is -0.454 e. The van der Waals surface area contributed by atoms with Crippen LogP contribution < -0.4 is 14.8 Å². The summed E-state index contributed by atoms with van der Waals surface area (Å²) in [5, 5.41) is 0.00821. The molecular formula is C13H11O5P. The number of benzene rings is 2. The summed E-state index contributed by atoms with van der Waals surface area (Å²) in [4.78, 5) is 18.8. The van der Waals surface area contributed by atoms with E-state index in [-0.39, 0.29) is 12.1 Å². The SMILES string of the molecule is O=P(O)(O)c1ccccc1-c1ccc2c(c1)OCO2. The lowest BCUT2D eigenvalue weighted by molar-refractivity contribution is 0.174. The minimum atomic E-state index is -4.31. The highest BCUT2D eigenvalue weighted by Gasteiger charge is 2.23. The van der Waals surface area contributed by atoms with Crippen LogP contribution in [0.25, 0.3) is 11.1 Å². The average molecular weight is 278 g/mol. The first-order chi connectivity index (χ1) is 9.05. The smallest absolute Gasteiger partial charge is 0.356 e. The van der Waals surface area contributed by atoms with Gasteiger partial charge in [-0.3, -0.25) is 4.57 Å². The summed E-state index contributed by atoms with van der Waals surface area (Å²) in [6, 6.07) is 11.6. The Balaban J connectivity index is 2.15. The predicted octanol–water partition coefficient (Wildman–Crippen LogP) is 1.89. The molecule has 1 aliphatic rings. The predicted molar refractivity (Wildman–Crippen MR) is 69.7 cm³/mol.